The van der Waals surface area contributed by atoms with E-state index in [-0.39, 0.29) is 11.6 Å². The standard InChI is InChI=1S/C23H27ClN4O/c24-17-8-6-15(7-9-17)21-19(13-25-26-21)20-12-16-14-27(18-4-1-2-5-18)22(29)23(16)10-3-11-28(20)23/h6-9,13,16,18,20H,1-5,10-12,14H2,(H,25,26)/t16-,20-,23-/m0/s1. The molecule has 6 heteroatoms. The number of hydrogen-bond donors (Lipinski definition) is 1. The first-order valence-corrected chi connectivity index (χ1v) is 11.4. The quantitative estimate of drug-likeness (QED) is 0.815. The highest BCUT2D eigenvalue weighted by molar-refractivity contribution is 6.30. The van der Waals surface area contributed by atoms with Crippen molar-refractivity contribution in [3.63, 3.8) is 0 Å². The highest BCUT2D eigenvalue weighted by Crippen LogP contribution is 2.57. The number of nitrogens with zero attached hydrogens (tertiary/aromatic N) is 3. The van der Waals surface area contributed by atoms with Crippen LogP contribution in [0.3, 0.4) is 0 Å². The van der Waals surface area contributed by atoms with Gasteiger partial charge in [-0.15, -0.1) is 0 Å². The number of benzene rings is 1. The minimum Gasteiger partial charge on any atom is -0.338 e. The number of likely N-dealkylation sites (tertiary alicyclic amines) is 1. The molecule has 1 aromatic carbocycles. The average molecular weight is 411 g/mol. The monoisotopic (exact) mass is 410 g/mol. The van der Waals surface area contributed by atoms with Gasteiger partial charge in [0, 0.05) is 35.1 Å². The second-order valence-electron chi connectivity index (χ2n) is 9.27. The Kier molecular flexibility index (Phi) is 4.07. The van der Waals surface area contributed by atoms with Gasteiger partial charge in [-0.1, -0.05) is 36.6 Å². The molecule has 4 heterocycles. The minimum atomic E-state index is -0.262. The zero-order valence-electron chi connectivity index (χ0n) is 16.6. The molecule has 6 rings (SSSR count). The summed E-state index contributed by atoms with van der Waals surface area (Å²) in [6.45, 7) is 1.96. The molecule has 5 nitrogen and oxygen atoms in total. The summed E-state index contributed by atoms with van der Waals surface area (Å²) in [6.07, 6.45) is 10.1. The van der Waals surface area contributed by atoms with Crippen molar-refractivity contribution >= 4 is 17.5 Å². The maximum atomic E-state index is 13.7. The van der Waals surface area contributed by atoms with Gasteiger partial charge in [0.15, 0.2) is 0 Å². The Balaban J connectivity index is 1.34. The van der Waals surface area contributed by atoms with Gasteiger partial charge in [-0.05, 0) is 56.3 Å². The van der Waals surface area contributed by atoms with Crippen LogP contribution in [-0.2, 0) is 4.79 Å². The zero-order valence-corrected chi connectivity index (χ0v) is 17.4. The van der Waals surface area contributed by atoms with Gasteiger partial charge in [0.1, 0.15) is 5.54 Å². The molecule has 0 radical (unpaired) electrons. The third kappa shape index (κ3) is 2.50. The van der Waals surface area contributed by atoms with E-state index in [0.29, 0.717) is 17.9 Å². The van der Waals surface area contributed by atoms with Crippen LogP contribution in [0.2, 0.25) is 5.02 Å². The molecular formula is C23H27ClN4O. The highest BCUT2D eigenvalue weighted by Gasteiger charge is 2.66. The van der Waals surface area contributed by atoms with Crippen LogP contribution in [0.1, 0.15) is 56.6 Å². The molecule has 1 amide bonds. The summed E-state index contributed by atoms with van der Waals surface area (Å²) >= 11 is 6.08. The third-order valence-corrected chi connectivity index (χ3v) is 8.26. The van der Waals surface area contributed by atoms with Crippen LogP contribution in [0, 0.1) is 5.92 Å². The van der Waals surface area contributed by atoms with Gasteiger partial charge < -0.3 is 4.90 Å². The summed E-state index contributed by atoms with van der Waals surface area (Å²) in [5.41, 5.74) is 3.13. The fourth-order valence-electron chi connectivity index (χ4n) is 6.75. The number of hydrogen-bond acceptors (Lipinski definition) is 3. The van der Waals surface area contributed by atoms with Gasteiger partial charge in [-0.3, -0.25) is 14.8 Å². The van der Waals surface area contributed by atoms with Crippen molar-refractivity contribution in [2.24, 2.45) is 5.92 Å². The van der Waals surface area contributed by atoms with Crippen molar-refractivity contribution in [3.05, 3.63) is 41.0 Å². The number of rotatable bonds is 3. The number of aromatic nitrogens is 2. The molecule has 2 aromatic rings. The Hall–Kier alpha value is -1.85. The fourth-order valence-corrected chi connectivity index (χ4v) is 6.87. The lowest BCUT2D eigenvalue weighted by molar-refractivity contribution is -0.138. The number of carbonyl (C=O) groups is 1. The first-order valence-electron chi connectivity index (χ1n) is 11.1. The van der Waals surface area contributed by atoms with Crippen LogP contribution in [0.4, 0.5) is 0 Å². The Bertz CT molecular complexity index is 935. The van der Waals surface area contributed by atoms with E-state index in [1.54, 1.807) is 0 Å². The predicted molar refractivity (Wildman–Crippen MR) is 113 cm³/mol. The molecule has 4 aliphatic rings. The Morgan fingerprint density at radius 2 is 1.93 bits per heavy atom. The number of carbonyl (C=O) groups excluding carboxylic acids is 1. The molecule has 1 aromatic heterocycles. The first-order chi connectivity index (χ1) is 14.2. The molecule has 29 heavy (non-hydrogen) atoms. The van der Waals surface area contributed by atoms with Crippen molar-refractivity contribution in [1.82, 2.24) is 20.0 Å². The average Bonchev–Trinajstić information content (AvgIpc) is 3.51. The summed E-state index contributed by atoms with van der Waals surface area (Å²) in [4.78, 5) is 18.5. The van der Waals surface area contributed by atoms with E-state index in [2.05, 4.69) is 20.0 Å². The van der Waals surface area contributed by atoms with Gasteiger partial charge in [0.05, 0.1) is 11.9 Å². The Labute approximate surface area is 176 Å². The van der Waals surface area contributed by atoms with Crippen molar-refractivity contribution in [2.45, 2.75) is 62.6 Å². The second kappa shape index (κ2) is 6.58. The lowest BCUT2D eigenvalue weighted by atomic mass is 9.85. The molecule has 3 saturated heterocycles. The Morgan fingerprint density at radius 3 is 2.72 bits per heavy atom. The minimum absolute atomic E-state index is 0.262. The van der Waals surface area contributed by atoms with Crippen LogP contribution in [0.5, 0.6) is 0 Å². The van der Waals surface area contributed by atoms with Crippen LogP contribution >= 0.6 is 11.6 Å². The van der Waals surface area contributed by atoms with E-state index >= 15 is 0 Å². The van der Waals surface area contributed by atoms with Gasteiger partial charge in [-0.25, -0.2) is 0 Å². The molecule has 1 spiro atoms. The Morgan fingerprint density at radius 1 is 1.14 bits per heavy atom. The summed E-state index contributed by atoms with van der Waals surface area (Å²) in [7, 11) is 0. The lowest BCUT2D eigenvalue weighted by Gasteiger charge is -2.35. The van der Waals surface area contributed by atoms with Crippen LogP contribution in [-0.4, -0.2) is 50.6 Å². The number of amides is 1. The smallest absolute Gasteiger partial charge is 0.243 e. The number of H-pyrrole nitrogens is 1. The van der Waals surface area contributed by atoms with Gasteiger partial charge >= 0.3 is 0 Å². The molecule has 4 fully saturated rings. The van der Waals surface area contributed by atoms with Crippen LogP contribution in [0.15, 0.2) is 30.5 Å². The van der Waals surface area contributed by atoms with E-state index in [1.807, 2.05) is 30.5 Å². The number of halogens is 1. The molecule has 1 aliphatic carbocycles. The first kappa shape index (κ1) is 18.0. The van der Waals surface area contributed by atoms with Gasteiger partial charge in [0.25, 0.3) is 0 Å². The molecule has 0 bridgehead atoms. The van der Waals surface area contributed by atoms with E-state index in [1.165, 1.54) is 31.2 Å². The number of nitrogens with one attached hydrogen (secondary N) is 1. The largest absolute Gasteiger partial charge is 0.338 e. The van der Waals surface area contributed by atoms with Gasteiger partial charge in [0.2, 0.25) is 5.91 Å². The van der Waals surface area contributed by atoms with E-state index in [0.717, 1.165) is 48.6 Å². The summed E-state index contributed by atoms with van der Waals surface area (Å²) in [6, 6.07) is 8.68. The van der Waals surface area contributed by atoms with E-state index < -0.39 is 0 Å². The lowest BCUT2D eigenvalue weighted by Crippen LogP contribution is -2.51. The molecule has 0 unspecified atom stereocenters. The second-order valence-corrected chi connectivity index (χ2v) is 9.71. The molecule has 152 valence electrons. The number of aromatic amines is 1. The molecule has 3 aliphatic heterocycles. The third-order valence-electron chi connectivity index (χ3n) is 8.00. The maximum absolute atomic E-state index is 13.7. The zero-order chi connectivity index (χ0) is 19.6. The van der Waals surface area contributed by atoms with E-state index in [9.17, 15) is 4.79 Å². The topological polar surface area (TPSA) is 52.2 Å². The van der Waals surface area contributed by atoms with Gasteiger partial charge in [-0.2, -0.15) is 5.10 Å². The summed E-state index contributed by atoms with van der Waals surface area (Å²) < 4.78 is 0. The van der Waals surface area contributed by atoms with Crippen LogP contribution < -0.4 is 0 Å². The molecule has 3 atom stereocenters. The summed E-state index contributed by atoms with van der Waals surface area (Å²) in [5, 5.41) is 8.34. The molecular weight excluding hydrogens is 384 g/mol. The maximum Gasteiger partial charge on any atom is 0.243 e. The van der Waals surface area contributed by atoms with Crippen molar-refractivity contribution in [3.8, 4) is 11.3 Å². The van der Waals surface area contributed by atoms with Crippen LogP contribution in [0.25, 0.3) is 11.3 Å². The summed E-state index contributed by atoms with van der Waals surface area (Å²) in [5.74, 6) is 0.863. The van der Waals surface area contributed by atoms with E-state index in [4.69, 9.17) is 11.6 Å². The fraction of sp³-hybridized carbons (Fsp3) is 0.565. The normalized spacial score (nSPS) is 32.3. The predicted octanol–water partition coefficient (Wildman–Crippen LogP) is 4.41. The molecule has 1 N–H and O–H groups in total. The molecule has 1 saturated carbocycles. The van der Waals surface area contributed by atoms with Crippen molar-refractivity contribution < 1.29 is 4.79 Å². The van der Waals surface area contributed by atoms with Crippen molar-refractivity contribution in [2.75, 3.05) is 13.1 Å². The van der Waals surface area contributed by atoms with Crippen molar-refractivity contribution in [1.29, 1.82) is 0 Å². The highest BCUT2D eigenvalue weighted by atomic mass is 35.5. The SMILES string of the molecule is O=C1N(C2CCCC2)C[C@@H]2C[C@@H](c3cn[nH]c3-c3ccc(Cl)cc3)N3CCC[C@@]123.